The lowest BCUT2D eigenvalue weighted by molar-refractivity contribution is -0.155. The van der Waals surface area contributed by atoms with Crippen LogP contribution in [0, 0.1) is 0 Å². The highest BCUT2D eigenvalue weighted by atomic mass is 16.5. The number of carbonyl (C=O) groups excluding carboxylic acids is 2. The highest BCUT2D eigenvalue weighted by Crippen LogP contribution is 2.32. The quantitative estimate of drug-likeness (QED) is 0.695. The molecule has 2 N–H and O–H groups in total. The number of aliphatic hydroxyl groups is 1. The molecule has 0 saturated carbocycles. The largest absolute Gasteiger partial charge is 0.493 e. The predicted octanol–water partition coefficient (Wildman–Crippen LogP) is 0.491. The Kier molecular flexibility index (Phi) is 7.23. The standard InChI is InChI=1S/C18H26N2O6/c1-4-7-20(8-9-21)18(23)17-16(19-15(22)11-26-17)12-5-6-13(24-2)14(10-12)25-3/h5-6,10,16-17,21H,4,7-9,11H2,1-3H3,(H,19,22). The molecule has 0 bridgehead atoms. The Morgan fingerprint density at radius 1 is 1.31 bits per heavy atom. The van der Waals surface area contributed by atoms with Gasteiger partial charge in [0.2, 0.25) is 5.91 Å². The summed E-state index contributed by atoms with van der Waals surface area (Å²) in [4.78, 5) is 26.3. The molecule has 1 aromatic carbocycles. The minimum atomic E-state index is -0.871. The second-order valence-corrected chi connectivity index (χ2v) is 5.94. The number of amides is 2. The number of methoxy groups -OCH3 is 2. The minimum absolute atomic E-state index is 0.133. The van der Waals surface area contributed by atoms with Crippen molar-refractivity contribution in [1.82, 2.24) is 10.2 Å². The summed E-state index contributed by atoms with van der Waals surface area (Å²) in [5, 5.41) is 12.0. The molecule has 0 radical (unpaired) electrons. The topological polar surface area (TPSA) is 97.3 Å². The van der Waals surface area contributed by atoms with Crippen LogP contribution in [0.3, 0.4) is 0 Å². The third-order valence-corrected chi connectivity index (χ3v) is 4.20. The van der Waals surface area contributed by atoms with Crippen LogP contribution in [-0.4, -0.2) is 68.4 Å². The van der Waals surface area contributed by atoms with Gasteiger partial charge in [-0.2, -0.15) is 0 Å². The molecule has 2 rings (SSSR count). The van der Waals surface area contributed by atoms with Gasteiger partial charge in [-0.15, -0.1) is 0 Å². The van der Waals surface area contributed by atoms with E-state index in [1.807, 2.05) is 6.92 Å². The van der Waals surface area contributed by atoms with Crippen LogP contribution in [0.4, 0.5) is 0 Å². The lowest BCUT2D eigenvalue weighted by Gasteiger charge is -2.35. The van der Waals surface area contributed by atoms with Gasteiger partial charge in [-0.1, -0.05) is 13.0 Å². The van der Waals surface area contributed by atoms with Crippen molar-refractivity contribution < 1.29 is 28.9 Å². The molecule has 1 aromatic rings. The van der Waals surface area contributed by atoms with Gasteiger partial charge < -0.3 is 29.5 Å². The van der Waals surface area contributed by atoms with Gasteiger partial charge in [0, 0.05) is 13.1 Å². The Balaban J connectivity index is 2.32. The van der Waals surface area contributed by atoms with Crippen LogP contribution in [0.25, 0.3) is 0 Å². The Labute approximate surface area is 153 Å². The molecule has 2 atom stereocenters. The summed E-state index contributed by atoms with van der Waals surface area (Å²) in [5.41, 5.74) is 0.675. The number of aliphatic hydroxyl groups excluding tert-OH is 1. The summed E-state index contributed by atoms with van der Waals surface area (Å²) in [6, 6.07) is 4.54. The molecule has 1 fully saturated rings. The fourth-order valence-electron chi connectivity index (χ4n) is 2.97. The number of benzene rings is 1. The van der Waals surface area contributed by atoms with Crippen LogP contribution in [-0.2, 0) is 14.3 Å². The average molecular weight is 366 g/mol. The maximum Gasteiger partial charge on any atom is 0.254 e. The summed E-state index contributed by atoms with van der Waals surface area (Å²) in [6.45, 7) is 2.36. The first-order valence-corrected chi connectivity index (χ1v) is 8.58. The van der Waals surface area contributed by atoms with E-state index >= 15 is 0 Å². The third kappa shape index (κ3) is 4.44. The zero-order chi connectivity index (χ0) is 19.1. The summed E-state index contributed by atoms with van der Waals surface area (Å²) < 4.78 is 16.1. The van der Waals surface area contributed by atoms with Crippen LogP contribution < -0.4 is 14.8 Å². The Bertz CT molecular complexity index is 630. The van der Waals surface area contributed by atoms with Crippen molar-refractivity contribution in [2.45, 2.75) is 25.5 Å². The van der Waals surface area contributed by atoms with Gasteiger partial charge in [0.25, 0.3) is 5.91 Å². The molecule has 2 amide bonds. The minimum Gasteiger partial charge on any atom is -0.493 e. The summed E-state index contributed by atoms with van der Waals surface area (Å²) in [5.74, 6) is 0.491. The zero-order valence-electron chi connectivity index (χ0n) is 15.4. The van der Waals surface area contributed by atoms with E-state index in [-0.39, 0.29) is 31.6 Å². The Morgan fingerprint density at radius 3 is 2.65 bits per heavy atom. The van der Waals surface area contributed by atoms with Crippen LogP contribution >= 0.6 is 0 Å². The Morgan fingerprint density at radius 2 is 2.04 bits per heavy atom. The average Bonchev–Trinajstić information content (AvgIpc) is 2.66. The molecule has 1 aliphatic rings. The Hall–Kier alpha value is -2.32. The van der Waals surface area contributed by atoms with E-state index < -0.39 is 12.1 Å². The number of morpholine rings is 1. The number of nitrogens with one attached hydrogen (secondary N) is 1. The first-order chi connectivity index (χ1) is 12.5. The smallest absolute Gasteiger partial charge is 0.254 e. The van der Waals surface area contributed by atoms with E-state index in [1.54, 1.807) is 23.1 Å². The van der Waals surface area contributed by atoms with Crippen molar-refractivity contribution in [2.75, 3.05) is 40.5 Å². The molecule has 1 heterocycles. The van der Waals surface area contributed by atoms with Crippen molar-refractivity contribution in [3.8, 4) is 11.5 Å². The molecule has 1 aliphatic heterocycles. The van der Waals surface area contributed by atoms with Crippen molar-refractivity contribution in [3.63, 3.8) is 0 Å². The highest BCUT2D eigenvalue weighted by molar-refractivity contribution is 5.86. The summed E-state index contributed by atoms with van der Waals surface area (Å²) in [6.07, 6.45) is -0.116. The fourth-order valence-corrected chi connectivity index (χ4v) is 2.97. The second kappa shape index (κ2) is 9.40. The summed E-state index contributed by atoms with van der Waals surface area (Å²) >= 11 is 0. The number of rotatable bonds is 8. The third-order valence-electron chi connectivity index (χ3n) is 4.20. The zero-order valence-corrected chi connectivity index (χ0v) is 15.4. The van der Waals surface area contributed by atoms with Crippen molar-refractivity contribution in [1.29, 1.82) is 0 Å². The first-order valence-electron chi connectivity index (χ1n) is 8.58. The van der Waals surface area contributed by atoms with Gasteiger partial charge in [0.15, 0.2) is 17.6 Å². The van der Waals surface area contributed by atoms with Crippen molar-refractivity contribution >= 4 is 11.8 Å². The van der Waals surface area contributed by atoms with Gasteiger partial charge in [-0.05, 0) is 24.1 Å². The monoisotopic (exact) mass is 366 g/mol. The molecule has 26 heavy (non-hydrogen) atoms. The van der Waals surface area contributed by atoms with Crippen molar-refractivity contribution in [3.05, 3.63) is 23.8 Å². The highest BCUT2D eigenvalue weighted by Gasteiger charge is 2.38. The van der Waals surface area contributed by atoms with E-state index in [0.717, 1.165) is 6.42 Å². The predicted molar refractivity (Wildman–Crippen MR) is 94.1 cm³/mol. The molecule has 0 aliphatic carbocycles. The van der Waals surface area contributed by atoms with Crippen molar-refractivity contribution in [2.24, 2.45) is 0 Å². The van der Waals surface area contributed by atoms with E-state index in [1.165, 1.54) is 14.2 Å². The molecule has 8 heteroatoms. The van der Waals surface area contributed by atoms with Crippen LogP contribution in [0.2, 0.25) is 0 Å². The molecule has 1 saturated heterocycles. The molecule has 0 spiro atoms. The second-order valence-electron chi connectivity index (χ2n) is 5.94. The number of carbonyl (C=O) groups is 2. The van der Waals surface area contributed by atoms with E-state index in [4.69, 9.17) is 14.2 Å². The van der Waals surface area contributed by atoms with Gasteiger partial charge in [-0.3, -0.25) is 9.59 Å². The first kappa shape index (κ1) is 20.0. The molecule has 0 aromatic heterocycles. The molecule has 8 nitrogen and oxygen atoms in total. The SMILES string of the molecule is CCCN(CCO)C(=O)C1OCC(=O)NC1c1ccc(OC)c(OC)c1. The van der Waals surface area contributed by atoms with Gasteiger partial charge in [-0.25, -0.2) is 0 Å². The van der Waals surface area contributed by atoms with Gasteiger partial charge >= 0.3 is 0 Å². The number of hydrogen-bond donors (Lipinski definition) is 2. The molecule has 2 unspecified atom stereocenters. The fraction of sp³-hybridized carbons (Fsp3) is 0.556. The lowest BCUT2D eigenvalue weighted by Crippen LogP contribution is -2.53. The lowest BCUT2D eigenvalue weighted by atomic mass is 9.98. The normalized spacial score (nSPS) is 19.6. The summed E-state index contributed by atoms with van der Waals surface area (Å²) in [7, 11) is 3.05. The molecule has 144 valence electrons. The van der Waals surface area contributed by atoms with E-state index in [0.29, 0.717) is 23.6 Å². The molecular weight excluding hydrogens is 340 g/mol. The maximum absolute atomic E-state index is 12.9. The van der Waals surface area contributed by atoms with E-state index in [9.17, 15) is 14.7 Å². The van der Waals surface area contributed by atoms with E-state index in [2.05, 4.69) is 5.32 Å². The maximum atomic E-state index is 12.9. The van der Waals surface area contributed by atoms with Gasteiger partial charge in [0.05, 0.1) is 26.9 Å². The van der Waals surface area contributed by atoms with Gasteiger partial charge in [0.1, 0.15) is 6.61 Å². The number of ether oxygens (including phenoxy) is 3. The van der Waals surface area contributed by atoms with Crippen LogP contribution in [0.15, 0.2) is 18.2 Å². The van der Waals surface area contributed by atoms with Crippen LogP contribution in [0.5, 0.6) is 11.5 Å². The number of nitrogens with zero attached hydrogens (tertiary/aromatic N) is 1. The van der Waals surface area contributed by atoms with Crippen LogP contribution in [0.1, 0.15) is 24.9 Å². The number of hydrogen-bond acceptors (Lipinski definition) is 6. The molecular formula is C18H26N2O6.